The summed E-state index contributed by atoms with van der Waals surface area (Å²) in [5.41, 5.74) is 3.11. The molecule has 29 heavy (non-hydrogen) atoms. The van der Waals surface area contributed by atoms with Crippen molar-refractivity contribution in [3.8, 4) is 0 Å². The number of carbonyl (C=O) groups excluding carboxylic acids is 3. The third-order valence-corrected chi connectivity index (χ3v) is 4.75. The van der Waals surface area contributed by atoms with Crippen molar-refractivity contribution in [2.45, 2.75) is 33.4 Å². The molecule has 0 atom stereocenters. The van der Waals surface area contributed by atoms with Crippen molar-refractivity contribution >= 4 is 29.0 Å². The summed E-state index contributed by atoms with van der Waals surface area (Å²) in [7, 11) is 1.82. The topological polar surface area (TPSA) is 69.7 Å². The SMILES string of the molecule is CC(=O)Nc1ccc(C2=C(N(C)Cc3ccccc3)C(=O)N(C(C)C)C2=O)cc1. The molecule has 0 unspecified atom stereocenters. The van der Waals surface area contributed by atoms with Gasteiger partial charge in [-0.05, 0) is 37.1 Å². The lowest BCUT2D eigenvalue weighted by Gasteiger charge is -2.23. The molecule has 2 aromatic rings. The molecule has 0 radical (unpaired) electrons. The van der Waals surface area contributed by atoms with Gasteiger partial charge in [0.15, 0.2) is 0 Å². The molecule has 0 saturated heterocycles. The lowest BCUT2D eigenvalue weighted by atomic mass is 10.0. The lowest BCUT2D eigenvalue weighted by molar-refractivity contribution is -0.139. The number of nitrogens with one attached hydrogen (secondary N) is 1. The van der Waals surface area contributed by atoms with Gasteiger partial charge in [0.1, 0.15) is 5.70 Å². The number of amides is 3. The second-order valence-corrected chi connectivity index (χ2v) is 7.40. The molecule has 1 aliphatic rings. The van der Waals surface area contributed by atoms with E-state index in [0.717, 1.165) is 5.56 Å². The highest BCUT2D eigenvalue weighted by Gasteiger charge is 2.41. The Morgan fingerprint density at radius 1 is 1.00 bits per heavy atom. The van der Waals surface area contributed by atoms with Crippen LogP contribution in [0.25, 0.3) is 5.57 Å². The Kier molecular flexibility index (Phi) is 5.82. The summed E-state index contributed by atoms with van der Waals surface area (Å²) in [6.07, 6.45) is 0. The first-order valence-corrected chi connectivity index (χ1v) is 9.55. The Balaban J connectivity index is 2.02. The summed E-state index contributed by atoms with van der Waals surface area (Å²) in [5.74, 6) is -0.755. The van der Waals surface area contributed by atoms with Crippen LogP contribution in [0.15, 0.2) is 60.3 Å². The van der Waals surface area contributed by atoms with Crippen LogP contribution in [-0.4, -0.2) is 40.6 Å². The average molecular weight is 391 g/mol. The monoisotopic (exact) mass is 391 g/mol. The summed E-state index contributed by atoms with van der Waals surface area (Å²) in [5, 5.41) is 2.71. The van der Waals surface area contributed by atoms with E-state index < -0.39 is 0 Å². The Hall–Kier alpha value is -3.41. The van der Waals surface area contributed by atoms with E-state index in [1.807, 2.05) is 56.1 Å². The molecule has 2 aromatic carbocycles. The smallest absolute Gasteiger partial charge is 0.278 e. The van der Waals surface area contributed by atoms with E-state index in [1.165, 1.54) is 11.8 Å². The van der Waals surface area contributed by atoms with E-state index >= 15 is 0 Å². The van der Waals surface area contributed by atoms with Gasteiger partial charge in [0.25, 0.3) is 11.8 Å². The Morgan fingerprint density at radius 3 is 2.17 bits per heavy atom. The lowest BCUT2D eigenvalue weighted by Crippen LogP contribution is -2.39. The van der Waals surface area contributed by atoms with Crippen molar-refractivity contribution in [3.05, 3.63) is 71.4 Å². The van der Waals surface area contributed by atoms with Gasteiger partial charge in [-0.2, -0.15) is 0 Å². The molecule has 6 nitrogen and oxygen atoms in total. The third-order valence-electron chi connectivity index (χ3n) is 4.75. The summed E-state index contributed by atoms with van der Waals surface area (Å²) in [6, 6.07) is 16.5. The van der Waals surface area contributed by atoms with Gasteiger partial charge in [0.05, 0.1) is 5.57 Å². The molecule has 0 spiro atoms. The van der Waals surface area contributed by atoms with Gasteiger partial charge < -0.3 is 10.2 Å². The van der Waals surface area contributed by atoms with E-state index in [0.29, 0.717) is 29.1 Å². The molecule has 0 bridgehead atoms. The Labute approximate surface area is 170 Å². The average Bonchev–Trinajstić information content (AvgIpc) is 2.93. The molecule has 1 N–H and O–H groups in total. The Bertz CT molecular complexity index is 963. The zero-order chi connectivity index (χ0) is 21.1. The molecule has 1 heterocycles. The van der Waals surface area contributed by atoms with E-state index in [-0.39, 0.29) is 23.8 Å². The van der Waals surface area contributed by atoms with E-state index in [4.69, 9.17) is 0 Å². The predicted octanol–water partition coefficient (Wildman–Crippen LogP) is 3.27. The number of hydrogen-bond acceptors (Lipinski definition) is 4. The number of anilines is 1. The first-order valence-electron chi connectivity index (χ1n) is 9.55. The van der Waals surface area contributed by atoms with E-state index in [9.17, 15) is 14.4 Å². The van der Waals surface area contributed by atoms with Gasteiger partial charge in [-0.15, -0.1) is 0 Å². The number of hydrogen-bond donors (Lipinski definition) is 1. The second-order valence-electron chi connectivity index (χ2n) is 7.40. The molecular weight excluding hydrogens is 366 g/mol. The minimum atomic E-state index is -0.299. The zero-order valence-electron chi connectivity index (χ0n) is 17.1. The highest BCUT2D eigenvalue weighted by molar-refractivity contribution is 6.35. The predicted molar refractivity (Wildman–Crippen MR) is 113 cm³/mol. The number of carbonyl (C=O) groups is 3. The number of likely N-dealkylation sites (N-methyl/N-ethyl adjacent to an activating group) is 1. The first kappa shape index (κ1) is 20.3. The fraction of sp³-hybridized carbons (Fsp3) is 0.261. The van der Waals surface area contributed by atoms with Crippen molar-refractivity contribution < 1.29 is 14.4 Å². The van der Waals surface area contributed by atoms with Crippen molar-refractivity contribution in [2.75, 3.05) is 12.4 Å². The summed E-state index contributed by atoms with van der Waals surface area (Å²) >= 11 is 0. The summed E-state index contributed by atoms with van der Waals surface area (Å²) < 4.78 is 0. The minimum Gasteiger partial charge on any atom is -0.365 e. The molecule has 0 fully saturated rings. The van der Waals surface area contributed by atoms with Crippen LogP contribution in [0, 0.1) is 0 Å². The van der Waals surface area contributed by atoms with E-state index in [2.05, 4.69) is 5.32 Å². The van der Waals surface area contributed by atoms with Gasteiger partial charge >= 0.3 is 0 Å². The maximum atomic E-state index is 13.1. The van der Waals surface area contributed by atoms with Crippen molar-refractivity contribution in [1.29, 1.82) is 0 Å². The van der Waals surface area contributed by atoms with Crippen molar-refractivity contribution in [1.82, 2.24) is 9.80 Å². The van der Waals surface area contributed by atoms with E-state index in [1.54, 1.807) is 24.3 Å². The molecule has 150 valence electrons. The summed E-state index contributed by atoms with van der Waals surface area (Å²) in [6.45, 7) is 5.60. The van der Waals surface area contributed by atoms with Crippen molar-refractivity contribution in [2.24, 2.45) is 0 Å². The normalized spacial score (nSPS) is 14.0. The largest absolute Gasteiger partial charge is 0.365 e. The van der Waals surface area contributed by atoms with Gasteiger partial charge in [-0.3, -0.25) is 19.3 Å². The van der Waals surface area contributed by atoms with Crippen LogP contribution in [0.1, 0.15) is 31.9 Å². The minimum absolute atomic E-state index is 0.168. The summed E-state index contributed by atoms with van der Waals surface area (Å²) in [4.78, 5) is 40.6. The van der Waals surface area contributed by atoms with Crippen LogP contribution in [-0.2, 0) is 20.9 Å². The second kappa shape index (κ2) is 8.31. The number of nitrogens with zero attached hydrogens (tertiary/aromatic N) is 2. The third kappa shape index (κ3) is 4.21. The van der Waals surface area contributed by atoms with Crippen LogP contribution in [0.4, 0.5) is 5.69 Å². The maximum absolute atomic E-state index is 13.1. The highest BCUT2D eigenvalue weighted by Crippen LogP contribution is 2.33. The molecular formula is C23H25N3O3. The van der Waals surface area contributed by atoms with Crippen LogP contribution in [0.5, 0.6) is 0 Å². The Morgan fingerprint density at radius 2 is 1.62 bits per heavy atom. The first-order chi connectivity index (χ1) is 13.8. The van der Waals surface area contributed by atoms with Crippen LogP contribution in [0.3, 0.4) is 0 Å². The standard InChI is InChI=1S/C23H25N3O3/c1-15(2)26-22(28)20(18-10-12-19(13-11-18)24-16(3)27)21(23(26)29)25(4)14-17-8-6-5-7-9-17/h5-13,15H,14H2,1-4H3,(H,24,27). The van der Waals surface area contributed by atoms with Gasteiger partial charge in [0, 0.05) is 32.2 Å². The molecule has 6 heteroatoms. The zero-order valence-corrected chi connectivity index (χ0v) is 17.1. The number of imide groups is 1. The van der Waals surface area contributed by atoms with Gasteiger partial charge in [0.2, 0.25) is 5.91 Å². The van der Waals surface area contributed by atoms with Gasteiger partial charge in [-0.25, -0.2) is 0 Å². The fourth-order valence-electron chi connectivity index (χ4n) is 3.48. The maximum Gasteiger partial charge on any atom is 0.278 e. The van der Waals surface area contributed by atoms with Gasteiger partial charge in [-0.1, -0.05) is 42.5 Å². The van der Waals surface area contributed by atoms with Crippen molar-refractivity contribution in [3.63, 3.8) is 0 Å². The number of rotatable bonds is 6. The molecule has 1 aliphatic heterocycles. The van der Waals surface area contributed by atoms with Crippen LogP contribution in [0.2, 0.25) is 0 Å². The molecule has 0 aliphatic carbocycles. The quantitative estimate of drug-likeness (QED) is 0.768. The molecule has 0 saturated carbocycles. The molecule has 3 amide bonds. The van der Waals surface area contributed by atoms with Crippen LogP contribution >= 0.6 is 0 Å². The fourth-order valence-corrected chi connectivity index (χ4v) is 3.48. The molecule has 3 rings (SSSR count). The highest BCUT2D eigenvalue weighted by atomic mass is 16.2. The number of benzene rings is 2. The molecule has 0 aromatic heterocycles. The van der Waals surface area contributed by atoms with Crippen LogP contribution < -0.4 is 5.32 Å².